The van der Waals surface area contributed by atoms with Gasteiger partial charge in [-0.1, -0.05) is 12.5 Å². The van der Waals surface area contributed by atoms with E-state index in [1.807, 2.05) is 18.5 Å². The summed E-state index contributed by atoms with van der Waals surface area (Å²) in [5.41, 5.74) is 4.92. The van der Waals surface area contributed by atoms with Crippen LogP contribution in [0.3, 0.4) is 0 Å². The highest BCUT2D eigenvalue weighted by atomic mass is 14.9. The van der Waals surface area contributed by atoms with Crippen LogP contribution < -0.4 is 0 Å². The Bertz CT molecular complexity index is 1020. The normalized spacial score (nSPS) is 15.1. The van der Waals surface area contributed by atoms with Gasteiger partial charge >= 0.3 is 0 Å². The molecule has 0 atom stereocenters. The van der Waals surface area contributed by atoms with Crippen molar-refractivity contribution in [3.63, 3.8) is 0 Å². The highest BCUT2D eigenvalue weighted by Crippen LogP contribution is 2.35. The van der Waals surface area contributed by atoms with Crippen molar-refractivity contribution in [1.82, 2.24) is 24.9 Å². The minimum Gasteiger partial charge on any atom is -0.345 e. The summed E-state index contributed by atoms with van der Waals surface area (Å²) < 4.78 is 0. The summed E-state index contributed by atoms with van der Waals surface area (Å²) in [5.74, 6) is 1.52. The Morgan fingerprint density at radius 2 is 1.87 bits per heavy atom. The van der Waals surface area contributed by atoms with Crippen molar-refractivity contribution in [3.8, 4) is 11.1 Å². The summed E-state index contributed by atoms with van der Waals surface area (Å²) in [7, 11) is 0. The summed E-state index contributed by atoms with van der Waals surface area (Å²) >= 11 is 0. The highest BCUT2D eigenvalue weighted by Gasteiger charge is 2.22. The molecule has 0 amide bonds. The van der Waals surface area contributed by atoms with Crippen molar-refractivity contribution in [2.24, 2.45) is 0 Å². The molecule has 0 saturated heterocycles. The number of nitrogens with one attached hydrogen (secondary N) is 1. The van der Waals surface area contributed by atoms with Gasteiger partial charge in [-0.25, -0.2) is 9.97 Å². The molecule has 1 aromatic carbocycles. The van der Waals surface area contributed by atoms with Gasteiger partial charge in [0.2, 0.25) is 0 Å². The Hall–Kier alpha value is -2.82. The Kier molecular flexibility index (Phi) is 2.67. The molecule has 5 rings (SSSR count). The quantitative estimate of drug-likeness (QED) is 0.611. The second kappa shape index (κ2) is 4.84. The number of aromatic amines is 1. The van der Waals surface area contributed by atoms with Crippen molar-refractivity contribution in [1.29, 1.82) is 0 Å². The molecule has 3 aromatic heterocycles. The van der Waals surface area contributed by atoms with Crippen LogP contribution in [0.4, 0.5) is 0 Å². The highest BCUT2D eigenvalue weighted by molar-refractivity contribution is 5.95. The van der Waals surface area contributed by atoms with Crippen LogP contribution in [0.25, 0.3) is 33.2 Å². The lowest BCUT2D eigenvalue weighted by molar-refractivity contribution is 0.402. The third kappa shape index (κ3) is 2.00. The predicted octanol–water partition coefficient (Wildman–Crippen LogP) is 3.84. The van der Waals surface area contributed by atoms with Crippen LogP contribution in [0.1, 0.15) is 31.0 Å². The largest absolute Gasteiger partial charge is 0.345 e. The fourth-order valence-corrected chi connectivity index (χ4v) is 3.15. The molecule has 1 aliphatic carbocycles. The Labute approximate surface area is 132 Å². The van der Waals surface area contributed by atoms with Crippen molar-refractivity contribution in [2.45, 2.75) is 25.2 Å². The van der Waals surface area contributed by atoms with Gasteiger partial charge in [-0.15, -0.1) is 0 Å². The van der Waals surface area contributed by atoms with E-state index in [2.05, 4.69) is 32.1 Å². The summed E-state index contributed by atoms with van der Waals surface area (Å²) in [6.07, 6.45) is 11.1. The molecular weight excluding hydrogens is 286 g/mol. The maximum atomic E-state index is 4.71. The van der Waals surface area contributed by atoms with Crippen LogP contribution in [0.5, 0.6) is 0 Å². The zero-order valence-electron chi connectivity index (χ0n) is 12.5. The Balaban J connectivity index is 1.63. The summed E-state index contributed by atoms with van der Waals surface area (Å²) in [6.45, 7) is 0. The van der Waals surface area contributed by atoms with E-state index in [0.717, 1.165) is 39.0 Å². The van der Waals surface area contributed by atoms with E-state index in [-0.39, 0.29) is 0 Å². The summed E-state index contributed by atoms with van der Waals surface area (Å²) in [5, 5.41) is 1.05. The molecule has 1 fully saturated rings. The van der Waals surface area contributed by atoms with Gasteiger partial charge in [0.1, 0.15) is 11.5 Å². The van der Waals surface area contributed by atoms with Gasteiger partial charge in [0.05, 0.1) is 11.0 Å². The number of hydrogen-bond donors (Lipinski definition) is 1. The standard InChI is InChI=1S/C18H15N5/c1-2-11(3-1)17-21-10-14-13(9-22-18(14)23-17)12-4-5-15-16(8-12)20-7-6-19-15/h4-11H,1-3H2,(H,21,22,23). The lowest BCUT2D eigenvalue weighted by Crippen LogP contribution is -2.12. The molecule has 0 bridgehead atoms. The van der Waals surface area contributed by atoms with E-state index in [1.165, 1.54) is 19.3 Å². The second-order valence-corrected chi connectivity index (χ2v) is 6.08. The Morgan fingerprint density at radius 3 is 2.70 bits per heavy atom. The molecule has 0 aliphatic heterocycles. The van der Waals surface area contributed by atoms with Gasteiger partial charge in [-0.2, -0.15) is 0 Å². The van der Waals surface area contributed by atoms with E-state index < -0.39 is 0 Å². The van der Waals surface area contributed by atoms with Crippen LogP contribution in [0, 0.1) is 0 Å². The van der Waals surface area contributed by atoms with Crippen LogP contribution >= 0.6 is 0 Å². The first-order valence-electron chi connectivity index (χ1n) is 7.94. The molecule has 0 spiro atoms. The van der Waals surface area contributed by atoms with Crippen molar-refractivity contribution >= 4 is 22.1 Å². The van der Waals surface area contributed by atoms with E-state index in [9.17, 15) is 0 Å². The molecule has 5 nitrogen and oxygen atoms in total. The fraction of sp³-hybridized carbons (Fsp3) is 0.222. The molecule has 5 heteroatoms. The number of fused-ring (bicyclic) bond motifs is 2. The second-order valence-electron chi connectivity index (χ2n) is 6.08. The maximum Gasteiger partial charge on any atom is 0.141 e. The fourth-order valence-electron chi connectivity index (χ4n) is 3.15. The first-order chi connectivity index (χ1) is 11.4. The number of rotatable bonds is 2. The molecule has 1 aliphatic rings. The summed E-state index contributed by atoms with van der Waals surface area (Å²) in [6, 6.07) is 6.13. The average Bonchev–Trinajstić information content (AvgIpc) is 2.96. The van der Waals surface area contributed by atoms with Crippen molar-refractivity contribution < 1.29 is 0 Å². The smallest absolute Gasteiger partial charge is 0.141 e. The average molecular weight is 301 g/mol. The van der Waals surface area contributed by atoms with Crippen LogP contribution in [-0.2, 0) is 0 Å². The van der Waals surface area contributed by atoms with Crippen LogP contribution in [-0.4, -0.2) is 24.9 Å². The number of benzene rings is 1. The monoisotopic (exact) mass is 301 g/mol. The van der Waals surface area contributed by atoms with Gasteiger partial charge in [-0.05, 0) is 30.5 Å². The van der Waals surface area contributed by atoms with Crippen molar-refractivity contribution in [2.75, 3.05) is 0 Å². The zero-order valence-corrected chi connectivity index (χ0v) is 12.5. The minimum atomic E-state index is 0.544. The lowest BCUT2D eigenvalue weighted by Gasteiger charge is -2.23. The lowest BCUT2D eigenvalue weighted by atomic mass is 9.85. The third-order valence-electron chi connectivity index (χ3n) is 4.70. The maximum absolute atomic E-state index is 4.71. The van der Waals surface area contributed by atoms with E-state index >= 15 is 0 Å². The SMILES string of the molecule is c1cnc2cc(-c3c[nH]c4nc(C5CCC5)ncc34)ccc2n1. The number of hydrogen-bond acceptors (Lipinski definition) is 4. The van der Waals surface area contributed by atoms with Crippen LogP contribution in [0.15, 0.2) is 43.0 Å². The molecule has 0 unspecified atom stereocenters. The first-order valence-corrected chi connectivity index (χ1v) is 7.94. The molecular formula is C18H15N5. The number of H-pyrrole nitrogens is 1. The third-order valence-corrected chi connectivity index (χ3v) is 4.70. The zero-order chi connectivity index (χ0) is 15.2. The molecule has 0 radical (unpaired) electrons. The molecule has 23 heavy (non-hydrogen) atoms. The van der Waals surface area contributed by atoms with Gasteiger partial charge < -0.3 is 4.98 Å². The Morgan fingerprint density at radius 1 is 1.00 bits per heavy atom. The molecule has 112 valence electrons. The molecule has 1 N–H and O–H groups in total. The minimum absolute atomic E-state index is 0.544. The van der Waals surface area contributed by atoms with Crippen molar-refractivity contribution in [3.05, 3.63) is 48.8 Å². The first kappa shape index (κ1) is 12.7. The van der Waals surface area contributed by atoms with Gasteiger partial charge in [0.15, 0.2) is 0 Å². The number of aromatic nitrogens is 5. The molecule has 1 saturated carbocycles. The molecule has 4 aromatic rings. The van der Waals surface area contributed by atoms with E-state index in [4.69, 9.17) is 4.98 Å². The topological polar surface area (TPSA) is 67.3 Å². The van der Waals surface area contributed by atoms with Gasteiger partial charge in [0.25, 0.3) is 0 Å². The van der Waals surface area contributed by atoms with E-state index in [1.54, 1.807) is 12.4 Å². The van der Waals surface area contributed by atoms with Gasteiger partial charge in [0, 0.05) is 41.7 Å². The summed E-state index contributed by atoms with van der Waals surface area (Å²) in [4.78, 5) is 21.3. The van der Waals surface area contributed by atoms with E-state index in [0.29, 0.717) is 5.92 Å². The van der Waals surface area contributed by atoms with Gasteiger partial charge in [-0.3, -0.25) is 9.97 Å². The predicted molar refractivity (Wildman–Crippen MR) is 89.0 cm³/mol. The molecule has 3 heterocycles. The van der Waals surface area contributed by atoms with Crippen LogP contribution in [0.2, 0.25) is 0 Å². The number of nitrogens with zero attached hydrogens (tertiary/aromatic N) is 4.